The fourth-order valence-corrected chi connectivity index (χ4v) is 4.33. The van der Waals surface area contributed by atoms with Crippen LogP contribution in [0.1, 0.15) is 36.7 Å². The molecule has 2 aliphatic rings. The van der Waals surface area contributed by atoms with E-state index in [0.29, 0.717) is 37.5 Å². The molecule has 1 aliphatic carbocycles. The SMILES string of the molecule is C[C@@H]1CC[C@@H]1N1CC[C@H](NC(=O)c2cc(-c3ccc(F)cc3F)on2)[C@@H](C(=O)O)C1. The number of halogens is 2. The molecule has 0 unspecified atom stereocenters. The van der Waals surface area contributed by atoms with E-state index in [0.717, 1.165) is 18.9 Å². The van der Waals surface area contributed by atoms with Gasteiger partial charge in [-0.1, -0.05) is 12.1 Å². The molecule has 1 aromatic heterocycles. The van der Waals surface area contributed by atoms with Gasteiger partial charge in [0.2, 0.25) is 0 Å². The van der Waals surface area contributed by atoms with E-state index in [1.54, 1.807) is 0 Å². The number of carbonyl (C=O) groups excluding carboxylic acids is 1. The van der Waals surface area contributed by atoms with Crippen LogP contribution in [0, 0.1) is 23.5 Å². The number of carboxylic acid groups (broad SMARTS) is 1. The highest BCUT2D eigenvalue weighted by Gasteiger charge is 2.41. The van der Waals surface area contributed by atoms with E-state index >= 15 is 0 Å². The van der Waals surface area contributed by atoms with Crippen molar-refractivity contribution in [1.82, 2.24) is 15.4 Å². The lowest BCUT2D eigenvalue weighted by Gasteiger charge is -2.47. The molecule has 2 aromatic rings. The summed E-state index contributed by atoms with van der Waals surface area (Å²) in [5.74, 6) is -3.28. The minimum Gasteiger partial charge on any atom is -0.481 e. The first-order valence-electron chi connectivity index (χ1n) is 10.0. The van der Waals surface area contributed by atoms with Crippen molar-refractivity contribution in [3.8, 4) is 11.3 Å². The van der Waals surface area contributed by atoms with Gasteiger partial charge in [0.1, 0.15) is 11.6 Å². The van der Waals surface area contributed by atoms with Crippen LogP contribution < -0.4 is 5.32 Å². The highest BCUT2D eigenvalue weighted by atomic mass is 19.1. The van der Waals surface area contributed by atoms with Crippen LogP contribution >= 0.6 is 0 Å². The summed E-state index contributed by atoms with van der Waals surface area (Å²) < 4.78 is 32.0. The van der Waals surface area contributed by atoms with Crippen LogP contribution in [0.15, 0.2) is 28.8 Å². The Morgan fingerprint density at radius 1 is 1.23 bits per heavy atom. The molecule has 4 rings (SSSR count). The van der Waals surface area contributed by atoms with Gasteiger partial charge in [0.25, 0.3) is 5.91 Å². The number of aromatic nitrogens is 1. The lowest BCUT2D eigenvalue weighted by molar-refractivity contribution is -0.145. The highest BCUT2D eigenvalue weighted by molar-refractivity contribution is 5.93. The number of likely N-dealkylation sites (tertiary alicyclic amines) is 1. The molecule has 7 nitrogen and oxygen atoms in total. The zero-order chi connectivity index (χ0) is 21.4. The molecule has 0 spiro atoms. The fourth-order valence-electron chi connectivity index (χ4n) is 4.33. The van der Waals surface area contributed by atoms with E-state index in [-0.39, 0.29) is 17.0 Å². The number of hydrogen-bond donors (Lipinski definition) is 2. The average molecular weight is 419 g/mol. The average Bonchev–Trinajstić information content (AvgIpc) is 3.17. The molecular weight excluding hydrogens is 396 g/mol. The third kappa shape index (κ3) is 3.94. The lowest BCUT2D eigenvalue weighted by atomic mass is 9.78. The number of rotatable bonds is 5. The molecule has 0 bridgehead atoms. The van der Waals surface area contributed by atoms with Crippen LogP contribution in [-0.4, -0.2) is 52.2 Å². The quantitative estimate of drug-likeness (QED) is 0.774. The first-order valence-corrected chi connectivity index (χ1v) is 10.0. The second kappa shape index (κ2) is 8.14. The Labute approximate surface area is 172 Å². The van der Waals surface area contributed by atoms with Crippen LogP contribution in [-0.2, 0) is 4.79 Å². The number of piperidine rings is 1. The summed E-state index contributed by atoms with van der Waals surface area (Å²) in [6.45, 7) is 3.28. The standard InChI is InChI=1S/C21H23F2N3O4/c1-11-2-5-18(11)26-7-6-16(14(10-26)21(28)29)24-20(27)17-9-19(30-25-17)13-4-3-12(22)8-15(13)23/h3-4,8-9,11,14,16,18H,2,5-7,10H2,1H3,(H,24,27)(H,28,29)/t11-,14+,16+,18+/m1/s1. The summed E-state index contributed by atoms with van der Waals surface area (Å²) >= 11 is 0. The summed E-state index contributed by atoms with van der Waals surface area (Å²) in [6, 6.07) is 4.12. The molecule has 160 valence electrons. The maximum Gasteiger partial charge on any atom is 0.309 e. The zero-order valence-electron chi connectivity index (χ0n) is 16.5. The number of hydrogen-bond acceptors (Lipinski definition) is 5. The molecule has 30 heavy (non-hydrogen) atoms. The summed E-state index contributed by atoms with van der Waals surface area (Å²) in [7, 11) is 0. The normalized spacial score (nSPS) is 26.8. The minimum atomic E-state index is -0.953. The first-order chi connectivity index (χ1) is 14.3. The largest absolute Gasteiger partial charge is 0.481 e. The van der Waals surface area contributed by atoms with Gasteiger partial charge in [0.05, 0.1) is 11.5 Å². The Morgan fingerprint density at radius 2 is 2.03 bits per heavy atom. The number of nitrogens with one attached hydrogen (secondary N) is 1. The molecule has 2 fully saturated rings. The van der Waals surface area contributed by atoms with Gasteiger partial charge >= 0.3 is 5.97 Å². The number of benzene rings is 1. The molecule has 0 radical (unpaired) electrons. The van der Waals surface area contributed by atoms with E-state index in [2.05, 4.69) is 22.3 Å². The molecular formula is C21H23F2N3O4. The van der Waals surface area contributed by atoms with Crippen molar-refractivity contribution < 1.29 is 28.0 Å². The number of amides is 1. The molecule has 1 saturated carbocycles. The molecule has 4 atom stereocenters. The van der Waals surface area contributed by atoms with Gasteiger partial charge in [-0.3, -0.25) is 14.5 Å². The Kier molecular flexibility index (Phi) is 5.55. The molecule has 1 amide bonds. The van der Waals surface area contributed by atoms with Gasteiger partial charge in [-0.05, 0) is 37.3 Å². The summed E-state index contributed by atoms with van der Waals surface area (Å²) in [6.07, 6.45) is 2.75. The molecule has 1 saturated heterocycles. The van der Waals surface area contributed by atoms with Crippen LogP contribution in [0.2, 0.25) is 0 Å². The van der Waals surface area contributed by atoms with Crippen molar-refractivity contribution in [3.63, 3.8) is 0 Å². The number of carboxylic acids is 1. The smallest absolute Gasteiger partial charge is 0.309 e. The summed E-state index contributed by atoms with van der Waals surface area (Å²) in [5.41, 5.74) is -0.109. The van der Waals surface area contributed by atoms with Crippen molar-refractivity contribution in [2.75, 3.05) is 13.1 Å². The number of carbonyl (C=O) groups is 2. The Hall–Kier alpha value is -2.81. The summed E-state index contributed by atoms with van der Waals surface area (Å²) in [5, 5.41) is 16.1. The molecule has 9 heteroatoms. The van der Waals surface area contributed by atoms with Crippen LogP contribution in [0.25, 0.3) is 11.3 Å². The predicted molar refractivity (Wildman–Crippen MR) is 103 cm³/mol. The van der Waals surface area contributed by atoms with Crippen molar-refractivity contribution in [2.24, 2.45) is 11.8 Å². The Bertz CT molecular complexity index is 963. The van der Waals surface area contributed by atoms with Crippen LogP contribution in [0.5, 0.6) is 0 Å². The number of aliphatic carboxylic acids is 1. The third-order valence-corrected chi connectivity index (χ3v) is 6.26. The van der Waals surface area contributed by atoms with Crippen LogP contribution in [0.4, 0.5) is 8.78 Å². The van der Waals surface area contributed by atoms with E-state index < -0.39 is 35.5 Å². The first kappa shape index (κ1) is 20.5. The van der Waals surface area contributed by atoms with Crippen molar-refractivity contribution in [3.05, 3.63) is 41.6 Å². The van der Waals surface area contributed by atoms with Crippen molar-refractivity contribution in [1.29, 1.82) is 0 Å². The van der Waals surface area contributed by atoms with Crippen molar-refractivity contribution >= 4 is 11.9 Å². The van der Waals surface area contributed by atoms with Gasteiger partial charge in [0.15, 0.2) is 11.5 Å². The van der Waals surface area contributed by atoms with E-state index in [9.17, 15) is 23.5 Å². The van der Waals surface area contributed by atoms with E-state index in [1.807, 2.05) is 0 Å². The monoisotopic (exact) mass is 419 g/mol. The topological polar surface area (TPSA) is 95.7 Å². The maximum absolute atomic E-state index is 13.9. The zero-order valence-corrected chi connectivity index (χ0v) is 16.5. The fraction of sp³-hybridized carbons (Fsp3) is 0.476. The molecule has 1 aromatic carbocycles. The van der Waals surface area contributed by atoms with Crippen molar-refractivity contribution in [2.45, 2.75) is 38.3 Å². The lowest BCUT2D eigenvalue weighted by Crippen LogP contribution is -2.58. The van der Waals surface area contributed by atoms with E-state index in [4.69, 9.17) is 4.52 Å². The van der Waals surface area contributed by atoms with Crippen LogP contribution in [0.3, 0.4) is 0 Å². The van der Waals surface area contributed by atoms with Gasteiger partial charge in [0, 0.05) is 37.3 Å². The molecule has 2 heterocycles. The maximum atomic E-state index is 13.9. The third-order valence-electron chi connectivity index (χ3n) is 6.26. The molecule has 1 aliphatic heterocycles. The number of nitrogens with zero attached hydrogens (tertiary/aromatic N) is 2. The Balaban J connectivity index is 1.44. The minimum absolute atomic E-state index is 0.0128. The highest BCUT2D eigenvalue weighted by Crippen LogP contribution is 2.34. The van der Waals surface area contributed by atoms with Gasteiger partial charge in [-0.2, -0.15) is 0 Å². The second-order valence-electron chi connectivity index (χ2n) is 8.13. The van der Waals surface area contributed by atoms with Gasteiger partial charge in [-0.15, -0.1) is 0 Å². The van der Waals surface area contributed by atoms with E-state index in [1.165, 1.54) is 12.1 Å². The Morgan fingerprint density at radius 3 is 2.67 bits per heavy atom. The van der Waals surface area contributed by atoms with Gasteiger partial charge < -0.3 is 14.9 Å². The molecule has 2 N–H and O–H groups in total. The van der Waals surface area contributed by atoms with Gasteiger partial charge in [-0.25, -0.2) is 8.78 Å². The second-order valence-corrected chi connectivity index (χ2v) is 8.13. The summed E-state index contributed by atoms with van der Waals surface area (Å²) in [4.78, 5) is 26.6. The predicted octanol–water partition coefficient (Wildman–Crippen LogP) is 2.92.